The van der Waals surface area contributed by atoms with Crippen LogP contribution in [-0.4, -0.2) is 29.7 Å². The fourth-order valence-electron chi connectivity index (χ4n) is 1.70. The average molecular weight is 315 g/mol. The molecule has 2 amide bonds. The van der Waals surface area contributed by atoms with Crippen LogP contribution < -0.4 is 10.7 Å². The zero-order chi connectivity index (χ0) is 16.7. The molecule has 0 spiro atoms. The molecule has 0 aliphatic carbocycles. The topological polar surface area (TPSA) is 90.8 Å². The molecule has 0 heterocycles. The predicted molar refractivity (Wildman–Crippen MR) is 82.6 cm³/mol. The highest BCUT2D eigenvalue weighted by Crippen LogP contribution is 2.12. The summed E-state index contributed by atoms with van der Waals surface area (Å²) in [5, 5.41) is 15.5. The summed E-state index contributed by atoms with van der Waals surface area (Å²) in [6.45, 7) is -0.312. The third kappa shape index (κ3) is 4.92. The molecule has 6 nitrogen and oxygen atoms in total. The number of hydrogen-bond acceptors (Lipinski definition) is 4. The first-order valence-corrected chi connectivity index (χ1v) is 6.70. The molecule has 7 heteroatoms. The van der Waals surface area contributed by atoms with E-state index in [1.54, 1.807) is 18.2 Å². The Bertz CT molecular complexity index is 747. The van der Waals surface area contributed by atoms with Crippen LogP contribution in [0.2, 0.25) is 0 Å². The van der Waals surface area contributed by atoms with Crippen LogP contribution in [-0.2, 0) is 4.79 Å². The minimum absolute atomic E-state index is 0.0323. The quantitative estimate of drug-likeness (QED) is 0.575. The molecule has 2 rings (SSSR count). The Morgan fingerprint density at radius 3 is 2.70 bits per heavy atom. The van der Waals surface area contributed by atoms with Crippen molar-refractivity contribution in [3.05, 3.63) is 65.5 Å². The molecule has 2 aromatic carbocycles. The molecule has 23 heavy (non-hydrogen) atoms. The minimum atomic E-state index is -0.565. The molecule has 0 atom stereocenters. The van der Waals surface area contributed by atoms with Crippen molar-refractivity contribution >= 4 is 18.0 Å². The summed E-state index contributed by atoms with van der Waals surface area (Å²) in [4.78, 5) is 23.3. The number of aromatic hydroxyl groups is 1. The average Bonchev–Trinajstić information content (AvgIpc) is 2.54. The van der Waals surface area contributed by atoms with Crippen molar-refractivity contribution in [2.75, 3.05) is 6.54 Å². The van der Waals surface area contributed by atoms with Crippen molar-refractivity contribution in [3.63, 3.8) is 0 Å². The second-order valence-corrected chi connectivity index (χ2v) is 4.55. The molecule has 2 aromatic rings. The molecule has 0 saturated carbocycles. The third-order valence-corrected chi connectivity index (χ3v) is 2.83. The lowest BCUT2D eigenvalue weighted by atomic mass is 10.2. The van der Waals surface area contributed by atoms with Crippen LogP contribution in [0.1, 0.15) is 15.9 Å². The van der Waals surface area contributed by atoms with Crippen LogP contribution >= 0.6 is 0 Å². The van der Waals surface area contributed by atoms with E-state index >= 15 is 0 Å². The minimum Gasteiger partial charge on any atom is -0.507 e. The fourth-order valence-corrected chi connectivity index (χ4v) is 1.70. The maximum Gasteiger partial charge on any atom is 0.259 e. The van der Waals surface area contributed by atoms with Crippen molar-refractivity contribution in [1.82, 2.24) is 10.7 Å². The Balaban J connectivity index is 1.81. The Morgan fingerprint density at radius 2 is 1.96 bits per heavy atom. The number of amides is 2. The van der Waals surface area contributed by atoms with Gasteiger partial charge in [-0.2, -0.15) is 5.10 Å². The number of phenols is 1. The molecule has 0 saturated heterocycles. The molecule has 0 fully saturated rings. The molecule has 0 unspecified atom stereocenters. The van der Waals surface area contributed by atoms with Gasteiger partial charge in [-0.25, -0.2) is 9.82 Å². The number of carbonyl (C=O) groups excluding carboxylic acids is 2. The van der Waals surface area contributed by atoms with E-state index in [1.807, 2.05) is 0 Å². The molecule has 0 aliphatic heterocycles. The number of halogens is 1. The molecule has 0 bridgehead atoms. The number of nitrogens with zero attached hydrogens (tertiary/aromatic N) is 1. The molecule has 0 aliphatic rings. The van der Waals surface area contributed by atoms with Gasteiger partial charge in [-0.3, -0.25) is 9.59 Å². The van der Waals surface area contributed by atoms with Crippen LogP contribution in [0.25, 0.3) is 0 Å². The molecular formula is C16H14FN3O3. The van der Waals surface area contributed by atoms with Crippen molar-refractivity contribution in [3.8, 4) is 5.75 Å². The van der Waals surface area contributed by atoms with E-state index in [-0.39, 0.29) is 17.9 Å². The zero-order valence-electron chi connectivity index (χ0n) is 12.0. The summed E-state index contributed by atoms with van der Waals surface area (Å²) in [5.41, 5.74) is 2.77. The van der Waals surface area contributed by atoms with E-state index in [2.05, 4.69) is 15.8 Å². The van der Waals surface area contributed by atoms with Crippen LogP contribution in [0.5, 0.6) is 5.75 Å². The number of hydrazone groups is 1. The highest BCUT2D eigenvalue weighted by Gasteiger charge is 2.08. The number of phenolic OH excluding ortho intramolecular Hbond substituents is 1. The van der Waals surface area contributed by atoms with Gasteiger partial charge in [-0.1, -0.05) is 18.2 Å². The first kappa shape index (κ1) is 16.2. The van der Waals surface area contributed by atoms with E-state index in [0.717, 1.165) is 6.07 Å². The first-order valence-electron chi connectivity index (χ1n) is 6.70. The summed E-state index contributed by atoms with van der Waals surface area (Å²) >= 11 is 0. The number of para-hydroxylation sites is 1. The smallest absolute Gasteiger partial charge is 0.259 e. The largest absolute Gasteiger partial charge is 0.507 e. The van der Waals surface area contributed by atoms with E-state index in [4.69, 9.17) is 0 Å². The second kappa shape index (κ2) is 7.69. The van der Waals surface area contributed by atoms with Crippen molar-refractivity contribution < 1.29 is 19.1 Å². The lowest BCUT2D eigenvalue weighted by Gasteiger charge is -2.04. The van der Waals surface area contributed by atoms with Gasteiger partial charge in [0, 0.05) is 11.1 Å². The molecule has 0 radical (unpaired) electrons. The van der Waals surface area contributed by atoms with Gasteiger partial charge in [0.2, 0.25) is 0 Å². The normalized spacial score (nSPS) is 10.5. The summed E-state index contributed by atoms with van der Waals surface area (Å²) < 4.78 is 13.0. The van der Waals surface area contributed by atoms with Gasteiger partial charge in [0.15, 0.2) is 0 Å². The molecule has 0 aromatic heterocycles. The third-order valence-electron chi connectivity index (χ3n) is 2.83. The SMILES string of the molecule is O=C(CNC(=O)c1cccc(F)c1)N/N=C/c1ccccc1O. The summed E-state index contributed by atoms with van der Waals surface area (Å²) in [6.07, 6.45) is 1.28. The van der Waals surface area contributed by atoms with Gasteiger partial charge in [-0.15, -0.1) is 0 Å². The molecule has 118 valence electrons. The Morgan fingerprint density at radius 1 is 1.17 bits per heavy atom. The van der Waals surface area contributed by atoms with Crippen molar-refractivity contribution in [2.45, 2.75) is 0 Å². The van der Waals surface area contributed by atoms with Gasteiger partial charge in [0.05, 0.1) is 12.8 Å². The number of hydrogen-bond donors (Lipinski definition) is 3. The summed E-state index contributed by atoms with van der Waals surface area (Å²) in [5.74, 6) is -1.62. The lowest BCUT2D eigenvalue weighted by molar-refractivity contribution is -0.120. The van der Waals surface area contributed by atoms with Crippen LogP contribution in [0.4, 0.5) is 4.39 Å². The summed E-state index contributed by atoms with van der Waals surface area (Å²) in [6, 6.07) is 11.6. The summed E-state index contributed by atoms with van der Waals surface area (Å²) in [7, 11) is 0. The first-order chi connectivity index (χ1) is 11.1. The highest BCUT2D eigenvalue weighted by molar-refractivity contribution is 5.96. The van der Waals surface area contributed by atoms with E-state index in [1.165, 1.54) is 30.5 Å². The van der Waals surface area contributed by atoms with Crippen LogP contribution in [0, 0.1) is 5.82 Å². The maximum absolute atomic E-state index is 13.0. The van der Waals surface area contributed by atoms with Crippen molar-refractivity contribution in [2.24, 2.45) is 5.10 Å². The van der Waals surface area contributed by atoms with Crippen LogP contribution in [0.3, 0.4) is 0 Å². The number of nitrogens with one attached hydrogen (secondary N) is 2. The Labute approximate surface area is 131 Å². The van der Waals surface area contributed by atoms with Gasteiger partial charge in [0.1, 0.15) is 11.6 Å². The van der Waals surface area contributed by atoms with Gasteiger partial charge < -0.3 is 10.4 Å². The van der Waals surface area contributed by atoms with Gasteiger partial charge in [-0.05, 0) is 30.3 Å². The highest BCUT2D eigenvalue weighted by atomic mass is 19.1. The monoisotopic (exact) mass is 315 g/mol. The number of carbonyl (C=O) groups is 2. The van der Waals surface area contributed by atoms with Gasteiger partial charge in [0.25, 0.3) is 11.8 Å². The zero-order valence-corrected chi connectivity index (χ0v) is 12.0. The maximum atomic E-state index is 13.0. The molecular weight excluding hydrogens is 301 g/mol. The van der Waals surface area contributed by atoms with E-state index in [0.29, 0.717) is 5.56 Å². The molecule has 3 N–H and O–H groups in total. The van der Waals surface area contributed by atoms with Crippen molar-refractivity contribution in [1.29, 1.82) is 0 Å². The predicted octanol–water partition coefficient (Wildman–Crippen LogP) is 1.41. The van der Waals surface area contributed by atoms with E-state index in [9.17, 15) is 19.1 Å². The number of benzene rings is 2. The van der Waals surface area contributed by atoms with E-state index < -0.39 is 17.6 Å². The van der Waals surface area contributed by atoms with Crippen LogP contribution in [0.15, 0.2) is 53.6 Å². The second-order valence-electron chi connectivity index (χ2n) is 4.55. The van der Waals surface area contributed by atoms with Gasteiger partial charge >= 0.3 is 0 Å². The lowest BCUT2D eigenvalue weighted by Crippen LogP contribution is -2.34. The Kier molecular flexibility index (Phi) is 5.40. The fraction of sp³-hybridized carbons (Fsp3) is 0.0625. The number of rotatable bonds is 5. The Hall–Kier alpha value is -3.22. The standard InChI is InChI=1S/C16H14FN3O3/c17-13-6-3-5-11(8-13)16(23)18-10-15(22)20-19-9-12-4-1-2-7-14(12)21/h1-9,21H,10H2,(H,18,23)(H,20,22)/b19-9+.